The molecule has 2 amide bonds. The van der Waals surface area contributed by atoms with E-state index in [1.165, 1.54) is 4.40 Å². The molecule has 53 heavy (non-hydrogen) atoms. The third-order valence-electron chi connectivity index (χ3n) is 9.56. The van der Waals surface area contributed by atoms with E-state index in [-0.39, 0.29) is 41.8 Å². The van der Waals surface area contributed by atoms with Crippen LogP contribution in [0.5, 0.6) is 5.75 Å². The lowest BCUT2D eigenvalue weighted by Crippen LogP contribution is -2.36. The van der Waals surface area contributed by atoms with Gasteiger partial charge in [-0.25, -0.2) is 4.98 Å². The van der Waals surface area contributed by atoms with E-state index in [2.05, 4.69) is 26.3 Å². The number of pyridine rings is 1. The molecule has 0 radical (unpaired) electrons. The van der Waals surface area contributed by atoms with Gasteiger partial charge in [-0.15, -0.1) is 0 Å². The molecule has 3 aromatic carbocycles. The zero-order chi connectivity index (χ0) is 37.1. The number of nitrogens with zero attached hydrogens (tertiary/aromatic N) is 2. The lowest BCUT2D eigenvalue weighted by atomic mass is 9.95. The number of halogens is 4. The summed E-state index contributed by atoms with van der Waals surface area (Å²) in [5, 5.41) is 13.1. The van der Waals surface area contributed by atoms with Crippen molar-refractivity contribution in [3.63, 3.8) is 0 Å². The fraction of sp³-hybridized carbons (Fsp3) is 0.282. The van der Waals surface area contributed by atoms with Crippen LogP contribution in [-0.2, 0) is 22.7 Å². The molecule has 0 saturated carbocycles. The predicted molar refractivity (Wildman–Crippen MR) is 200 cm³/mol. The second kappa shape index (κ2) is 16.0. The molecule has 0 spiro atoms. The number of aromatic nitrogens is 2. The molecule has 2 saturated heterocycles. The van der Waals surface area contributed by atoms with Crippen LogP contribution < -0.4 is 31.6 Å². The summed E-state index contributed by atoms with van der Waals surface area (Å²) in [5.74, 6) is 0.0704. The molecule has 4 N–H and O–H groups in total. The van der Waals surface area contributed by atoms with E-state index in [9.17, 15) is 23.2 Å². The molecule has 5 aromatic rings. The van der Waals surface area contributed by atoms with Gasteiger partial charge in [0.15, 0.2) is 0 Å². The zero-order valence-corrected chi connectivity index (χ0v) is 29.9. The Hall–Kier alpha value is -4.88. The summed E-state index contributed by atoms with van der Waals surface area (Å²) < 4.78 is 33.4. The van der Waals surface area contributed by atoms with Gasteiger partial charge < -0.3 is 26.0 Å². The molecule has 274 valence electrons. The first kappa shape index (κ1) is 36.5. The summed E-state index contributed by atoms with van der Waals surface area (Å²) in [4.78, 5) is 40.8. The number of nitrogens with one attached hydrogen (secondary N) is 4. The smallest absolute Gasteiger partial charge is 0.387 e. The van der Waals surface area contributed by atoms with Crippen molar-refractivity contribution in [2.24, 2.45) is 0 Å². The Kier molecular flexibility index (Phi) is 11.0. The van der Waals surface area contributed by atoms with Gasteiger partial charge in [0, 0.05) is 96.9 Å². The highest BCUT2D eigenvalue weighted by Gasteiger charge is 2.22. The average molecular weight is 762 g/mol. The van der Waals surface area contributed by atoms with Gasteiger partial charge in [-0.2, -0.15) is 8.78 Å². The Labute approximate surface area is 313 Å². The highest BCUT2D eigenvalue weighted by Crippen LogP contribution is 2.43. The molecule has 4 heterocycles. The van der Waals surface area contributed by atoms with Gasteiger partial charge in [0.05, 0.1) is 10.0 Å². The minimum absolute atomic E-state index is 0.00310. The number of alkyl halides is 2. The van der Waals surface area contributed by atoms with Crippen molar-refractivity contribution in [2.45, 2.75) is 57.5 Å². The van der Waals surface area contributed by atoms with Gasteiger partial charge in [0.25, 0.3) is 5.56 Å². The standard InChI is InChI=1S/C39H36Cl2F2N6O4/c40-36-28(22-7-8-24(32(15-22)53-39(42)43)17-44-20-26-9-11-34(50)47-26)3-1-5-30(36)31-6-2-4-29(37(31)41)23-13-14-49-33(16-23)46-19-25(38(49)52)18-45-21-27-10-12-35(51)48-27/h1-8,13-16,19,26-27,39,44-45H,9-12,17-18,20-21H2,(H,47,50)(H,48,51)/t26-,27-/m1/s1. The maximum Gasteiger partial charge on any atom is 0.387 e. The maximum atomic E-state index is 13.5. The molecular formula is C39H36Cl2F2N6O4. The predicted octanol–water partition coefficient (Wildman–Crippen LogP) is 6.34. The molecule has 2 aromatic heterocycles. The molecule has 10 nitrogen and oxygen atoms in total. The van der Waals surface area contributed by atoms with Gasteiger partial charge in [-0.3, -0.25) is 18.8 Å². The number of amides is 2. The Morgan fingerprint density at radius 3 is 1.91 bits per heavy atom. The number of fused-ring (bicyclic) bond motifs is 1. The summed E-state index contributed by atoms with van der Waals surface area (Å²) >= 11 is 14.1. The lowest BCUT2D eigenvalue weighted by Gasteiger charge is -2.17. The average Bonchev–Trinajstić information content (AvgIpc) is 3.76. The van der Waals surface area contributed by atoms with Crippen molar-refractivity contribution in [1.29, 1.82) is 0 Å². The molecule has 0 aliphatic carbocycles. The second-order valence-electron chi connectivity index (χ2n) is 13.1. The first-order valence-electron chi connectivity index (χ1n) is 17.3. The maximum absolute atomic E-state index is 13.5. The van der Waals surface area contributed by atoms with Crippen molar-refractivity contribution in [1.82, 2.24) is 30.7 Å². The van der Waals surface area contributed by atoms with E-state index in [0.29, 0.717) is 87.1 Å². The number of ether oxygens (including phenoxy) is 1. The molecule has 7 rings (SSSR count). The normalized spacial score (nSPS) is 17.1. The summed E-state index contributed by atoms with van der Waals surface area (Å²) in [6, 6.07) is 19.8. The number of rotatable bonds is 13. The van der Waals surface area contributed by atoms with Crippen LogP contribution in [0, 0.1) is 0 Å². The summed E-state index contributed by atoms with van der Waals surface area (Å²) in [6.45, 7) is -1.36. The third kappa shape index (κ3) is 8.21. The highest BCUT2D eigenvalue weighted by molar-refractivity contribution is 6.39. The van der Waals surface area contributed by atoms with Crippen LogP contribution in [0.1, 0.15) is 36.8 Å². The van der Waals surface area contributed by atoms with Gasteiger partial charge in [0.2, 0.25) is 11.8 Å². The van der Waals surface area contributed by atoms with E-state index >= 15 is 0 Å². The molecule has 0 bridgehead atoms. The van der Waals surface area contributed by atoms with Crippen molar-refractivity contribution < 1.29 is 23.1 Å². The molecular weight excluding hydrogens is 725 g/mol. The van der Waals surface area contributed by atoms with E-state index < -0.39 is 6.61 Å². The number of benzene rings is 3. The first-order chi connectivity index (χ1) is 25.6. The van der Waals surface area contributed by atoms with E-state index in [1.807, 2.05) is 30.3 Å². The van der Waals surface area contributed by atoms with Crippen LogP contribution >= 0.6 is 23.2 Å². The van der Waals surface area contributed by atoms with Crippen molar-refractivity contribution in [3.05, 3.63) is 111 Å². The van der Waals surface area contributed by atoms with Crippen molar-refractivity contribution in [3.8, 4) is 39.1 Å². The minimum atomic E-state index is -3.03. The fourth-order valence-electron chi connectivity index (χ4n) is 6.82. The van der Waals surface area contributed by atoms with Crippen LogP contribution in [0.2, 0.25) is 10.0 Å². The van der Waals surface area contributed by atoms with Crippen molar-refractivity contribution >= 4 is 40.7 Å². The second-order valence-corrected chi connectivity index (χ2v) is 13.9. The van der Waals surface area contributed by atoms with Crippen LogP contribution in [0.3, 0.4) is 0 Å². The van der Waals surface area contributed by atoms with Gasteiger partial charge in [0.1, 0.15) is 11.4 Å². The number of carbonyl (C=O) groups is 2. The highest BCUT2D eigenvalue weighted by atomic mass is 35.5. The lowest BCUT2D eigenvalue weighted by molar-refractivity contribution is -0.120. The van der Waals surface area contributed by atoms with Crippen LogP contribution in [0.25, 0.3) is 39.0 Å². The number of hydrogen-bond acceptors (Lipinski definition) is 7. The third-order valence-corrected chi connectivity index (χ3v) is 10.4. The number of carbonyl (C=O) groups excluding carboxylic acids is 2. The van der Waals surface area contributed by atoms with E-state index in [4.69, 9.17) is 27.9 Å². The topological polar surface area (TPSA) is 126 Å². The quantitative estimate of drug-likeness (QED) is 0.110. The first-order valence-corrected chi connectivity index (χ1v) is 18.1. The molecule has 2 aliphatic rings. The van der Waals surface area contributed by atoms with Gasteiger partial charge in [-0.1, -0.05) is 71.7 Å². The SMILES string of the molecule is O=C1CC[C@H](CNCc2ccc(-c3cccc(-c4cccc(-c5ccn6c(=O)c(CNC[C@H]7CCC(=O)N7)cnc6c5)c4Cl)c3Cl)cc2OC(F)F)N1. The summed E-state index contributed by atoms with van der Waals surface area (Å²) in [6.07, 6.45) is 5.71. The molecule has 2 fully saturated rings. The summed E-state index contributed by atoms with van der Waals surface area (Å²) in [7, 11) is 0. The van der Waals surface area contributed by atoms with Crippen molar-refractivity contribution in [2.75, 3.05) is 13.1 Å². The largest absolute Gasteiger partial charge is 0.434 e. The van der Waals surface area contributed by atoms with E-state index in [1.54, 1.807) is 48.8 Å². The zero-order valence-electron chi connectivity index (χ0n) is 28.4. The monoisotopic (exact) mass is 760 g/mol. The van der Waals surface area contributed by atoms with Crippen LogP contribution in [0.4, 0.5) is 8.78 Å². The Bertz CT molecular complexity index is 2250. The fourth-order valence-corrected chi connectivity index (χ4v) is 7.50. The Balaban J connectivity index is 1.12. The van der Waals surface area contributed by atoms with Crippen LogP contribution in [0.15, 0.2) is 83.9 Å². The van der Waals surface area contributed by atoms with Crippen LogP contribution in [-0.4, -0.2) is 53.0 Å². The Morgan fingerprint density at radius 2 is 1.34 bits per heavy atom. The van der Waals surface area contributed by atoms with E-state index in [0.717, 1.165) is 18.4 Å². The molecule has 2 atom stereocenters. The number of hydrogen-bond donors (Lipinski definition) is 4. The minimum Gasteiger partial charge on any atom is -0.434 e. The molecule has 14 heteroatoms. The molecule has 0 unspecified atom stereocenters. The Morgan fingerprint density at radius 1 is 0.774 bits per heavy atom. The summed E-state index contributed by atoms with van der Waals surface area (Å²) in [5.41, 5.74) is 5.22. The van der Waals surface area contributed by atoms with Gasteiger partial charge in [-0.05, 0) is 42.2 Å². The molecule has 2 aliphatic heterocycles. The van der Waals surface area contributed by atoms with Gasteiger partial charge >= 0.3 is 6.61 Å².